The smallest absolute Gasteiger partial charge is 0.325 e. The van der Waals surface area contributed by atoms with E-state index in [-0.39, 0.29) is 11.8 Å². The maximum Gasteiger partial charge on any atom is 0.325 e. The molecule has 0 bridgehead atoms. The van der Waals surface area contributed by atoms with Crippen molar-refractivity contribution < 1.29 is 19.4 Å². The van der Waals surface area contributed by atoms with Crippen LogP contribution < -0.4 is 10.1 Å². The van der Waals surface area contributed by atoms with Gasteiger partial charge >= 0.3 is 5.97 Å². The molecule has 0 aliphatic carbocycles. The van der Waals surface area contributed by atoms with E-state index in [2.05, 4.69) is 17.9 Å². The van der Waals surface area contributed by atoms with Gasteiger partial charge in [-0.25, -0.2) is 0 Å². The predicted octanol–water partition coefficient (Wildman–Crippen LogP) is 1.30. The van der Waals surface area contributed by atoms with E-state index in [4.69, 9.17) is 9.84 Å². The normalized spacial score (nSPS) is 15.7. The highest BCUT2D eigenvalue weighted by Crippen LogP contribution is 2.27. The van der Waals surface area contributed by atoms with Crippen LogP contribution in [-0.2, 0) is 22.4 Å². The molecule has 1 aromatic rings. The number of nitrogens with one attached hydrogen (secondary N) is 1. The van der Waals surface area contributed by atoms with Crippen molar-refractivity contribution in [2.45, 2.75) is 25.8 Å². The fourth-order valence-electron chi connectivity index (χ4n) is 2.28. The van der Waals surface area contributed by atoms with Crippen LogP contribution in [0.25, 0.3) is 0 Å². The number of carbonyl (C=O) groups is 2. The summed E-state index contributed by atoms with van der Waals surface area (Å²) in [5, 5.41) is 11.3. The summed E-state index contributed by atoms with van der Waals surface area (Å²) in [5.74, 6) is -0.403. The van der Waals surface area contributed by atoms with Crippen molar-refractivity contribution in [3.05, 3.63) is 29.3 Å². The van der Waals surface area contributed by atoms with Crippen molar-refractivity contribution in [2.24, 2.45) is 5.92 Å². The Labute approximate surface area is 129 Å². The average molecular weight is 309 g/mol. The Bertz CT molecular complexity index is 546. The third kappa shape index (κ3) is 3.91. The monoisotopic (exact) mass is 309 g/mol. The number of carboxylic acid groups (broad SMARTS) is 1. The quantitative estimate of drug-likeness (QED) is 0.692. The summed E-state index contributed by atoms with van der Waals surface area (Å²) in [4.78, 5) is 22.9. The number of carbonyl (C=O) groups excluding carboxylic acids is 1. The van der Waals surface area contributed by atoms with Crippen LogP contribution in [-0.4, -0.2) is 35.4 Å². The molecule has 114 valence electrons. The van der Waals surface area contributed by atoms with Crippen LogP contribution in [0, 0.1) is 5.92 Å². The number of ether oxygens (including phenoxy) is 1. The Balaban J connectivity index is 2.01. The summed E-state index contributed by atoms with van der Waals surface area (Å²) in [7, 11) is 0. The Morgan fingerprint density at radius 2 is 2.24 bits per heavy atom. The lowest BCUT2D eigenvalue weighted by molar-refractivity contribution is -0.141. The highest BCUT2D eigenvalue weighted by atomic mass is 32.1. The molecule has 1 heterocycles. The highest BCUT2D eigenvalue weighted by Gasteiger charge is 2.22. The van der Waals surface area contributed by atoms with E-state index in [1.807, 2.05) is 18.2 Å². The zero-order valence-corrected chi connectivity index (χ0v) is 12.7. The molecule has 0 radical (unpaired) electrons. The lowest BCUT2D eigenvalue weighted by atomic mass is 9.97. The Morgan fingerprint density at radius 3 is 2.90 bits per heavy atom. The standard InChI is InChI=1S/C15H19NO4S/c1-9(15(18)19)16-14(17)12(8-21)7-10-2-3-13-11(6-10)4-5-20-13/h2-3,6,9,12,21H,4-5,7-8H2,1H3,(H,16,17)(H,18,19). The lowest BCUT2D eigenvalue weighted by Crippen LogP contribution is -2.42. The van der Waals surface area contributed by atoms with Crippen LogP contribution in [0.5, 0.6) is 5.75 Å². The topological polar surface area (TPSA) is 75.6 Å². The summed E-state index contributed by atoms with van der Waals surface area (Å²) in [6, 6.07) is 5.01. The molecule has 0 fully saturated rings. The van der Waals surface area contributed by atoms with Gasteiger partial charge in [0, 0.05) is 12.2 Å². The summed E-state index contributed by atoms with van der Waals surface area (Å²) in [6.07, 6.45) is 1.42. The van der Waals surface area contributed by atoms with Crippen molar-refractivity contribution in [3.63, 3.8) is 0 Å². The fraction of sp³-hybridized carbons (Fsp3) is 0.467. The van der Waals surface area contributed by atoms with Crippen molar-refractivity contribution >= 4 is 24.5 Å². The van der Waals surface area contributed by atoms with Crippen LogP contribution in [0.1, 0.15) is 18.1 Å². The molecule has 2 unspecified atom stereocenters. The van der Waals surface area contributed by atoms with Crippen molar-refractivity contribution in [3.8, 4) is 5.75 Å². The first-order valence-electron chi connectivity index (χ1n) is 6.90. The second-order valence-corrected chi connectivity index (χ2v) is 5.56. The molecule has 21 heavy (non-hydrogen) atoms. The van der Waals surface area contributed by atoms with E-state index < -0.39 is 12.0 Å². The zero-order chi connectivity index (χ0) is 15.4. The molecule has 1 aromatic carbocycles. The van der Waals surface area contributed by atoms with Crippen LogP contribution in [0.2, 0.25) is 0 Å². The first-order valence-corrected chi connectivity index (χ1v) is 7.53. The maximum atomic E-state index is 12.1. The van der Waals surface area contributed by atoms with Crippen molar-refractivity contribution in [1.29, 1.82) is 0 Å². The molecule has 6 heteroatoms. The molecule has 2 atom stereocenters. The number of thiol groups is 1. The number of hydrogen-bond donors (Lipinski definition) is 3. The number of benzene rings is 1. The van der Waals surface area contributed by atoms with Gasteiger partial charge in [0.2, 0.25) is 5.91 Å². The van der Waals surface area contributed by atoms with Gasteiger partial charge in [0.1, 0.15) is 11.8 Å². The summed E-state index contributed by atoms with van der Waals surface area (Å²) >= 11 is 4.21. The molecule has 0 saturated carbocycles. The predicted molar refractivity (Wildman–Crippen MR) is 81.9 cm³/mol. The van der Waals surface area contributed by atoms with E-state index in [0.29, 0.717) is 18.8 Å². The number of amides is 1. The minimum Gasteiger partial charge on any atom is -0.493 e. The largest absolute Gasteiger partial charge is 0.493 e. The van der Waals surface area contributed by atoms with E-state index >= 15 is 0 Å². The Kier molecular flexibility index (Phi) is 5.12. The molecule has 1 aliphatic rings. The molecule has 5 nitrogen and oxygen atoms in total. The van der Waals surface area contributed by atoms with Crippen LogP contribution in [0.15, 0.2) is 18.2 Å². The van der Waals surface area contributed by atoms with Gasteiger partial charge in [0.15, 0.2) is 0 Å². The summed E-state index contributed by atoms with van der Waals surface area (Å²) < 4.78 is 5.45. The summed E-state index contributed by atoms with van der Waals surface area (Å²) in [6.45, 7) is 2.15. The van der Waals surface area contributed by atoms with Crippen molar-refractivity contribution in [2.75, 3.05) is 12.4 Å². The van der Waals surface area contributed by atoms with Gasteiger partial charge in [-0.1, -0.05) is 12.1 Å². The third-order valence-electron chi connectivity index (χ3n) is 3.56. The molecular formula is C15H19NO4S. The first kappa shape index (κ1) is 15.7. The Morgan fingerprint density at radius 1 is 1.48 bits per heavy atom. The Hall–Kier alpha value is -1.69. The zero-order valence-electron chi connectivity index (χ0n) is 11.8. The molecule has 2 N–H and O–H groups in total. The van der Waals surface area contributed by atoms with Crippen molar-refractivity contribution in [1.82, 2.24) is 5.32 Å². The van der Waals surface area contributed by atoms with Crippen LogP contribution >= 0.6 is 12.6 Å². The number of hydrogen-bond acceptors (Lipinski definition) is 4. The number of aliphatic carboxylic acids is 1. The maximum absolute atomic E-state index is 12.1. The lowest BCUT2D eigenvalue weighted by Gasteiger charge is -2.17. The second-order valence-electron chi connectivity index (χ2n) is 5.19. The second kappa shape index (κ2) is 6.85. The van der Waals surface area contributed by atoms with Crippen LogP contribution in [0.3, 0.4) is 0 Å². The first-order chi connectivity index (χ1) is 10.0. The molecule has 2 rings (SSSR count). The van der Waals surface area contributed by atoms with Gasteiger partial charge in [-0.15, -0.1) is 0 Å². The molecule has 0 spiro atoms. The molecule has 0 saturated heterocycles. The molecular weight excluding hydrogens is 290 g/mol. The SMILES string of the molecule is CC(NC(=O)C(CS)Cc1ccc2c(c1)CCO2)C(=O)O. The fourth-order valence-corrected chi connectivity index (χ4v) is 2.58. The number of fused-ring (bicyclic) bond motifs is 1. The van der Waals surface area contributed by atoms with Gasteiger partial charge in [0.25, 0.3) is 0 Å². The van der Waals surface area contributed by atoms with Gasteiger partial charge in [-0.3, -0.25) is 9.59 Å². The van der Waals surface area contributed by atoms with Gasteiger partial charge in [-0.2, -0.15) is 12.6 Å². The minimum atomic E-state index is -1.05. The molecule has 1 amide bonds. The van der Waals surface area contributed by atoms with Crippen LogP contribution in [0.4, 0.5) is 0 Å². The number of rotatable bonds is 6. The van der Waals surface area contributed by atoms with E-state index in [1.165, 1.54) is 6.92 Å². The van der Waals surface area contributed by atoms with Gasteiger partial charge in [-0.05, 0) is 30.5 Å². The summed E-state index contributed by atoms with van der Waals surface area (Å²) in [5.41, 5.74) is 2.20. The molecule has 0 aromatic heterocycles. The van der Waals surface area contributed by atoms with Gasteiger partial charge < -0.3 is 15.2 Å². The minimum absolute atomic E-state index is 0.281. The average Bonchev–Trinajstić information content (AvgIpc) is 2.91. The van der Waals surface area contributed by atoms with E-state index in [1.54, 1.807) is 0 Å². The van der Waals surface area contributed by atoms with Gasteiger partial charge in [0.05, 0.1) is 12.5 Å². The highest BCUT2D eigenvalue weighted by molar-refractivity contribution is 7.80. The van der Waals surface area contributed by atoms with E-state index in [0.717, 1.165) is 23.3 Å². The number of carboxylic acids is 1. The molecule has 1 aliphatic heterocycles. The third-order valence-corrected chi connectivity index (χ3v) is 4.00. The van der Waals surface area contributed by atoms with E-state index in [9.17, 15) is 9.59 Å².